The van der Waals surface area contributed by atoms with E-state index in [4.69, 9.17) is 0 Å². The predicted molar refractivity (Wildman–Crippen MR) is 113 cm³/mol. The van der Waals surface area contributed by atoms with Crippen molar-refractivity contribution >= 4 is 24.2 Å². The minimum atomic E-state index is -0.203. The highest BCUT2D eigenvalue weighted by molar-refractivity contribution is 5.95. The van der Waals surface area contributed by atoms with Gasteiger partial charge in [-0.3, -0.25) is 9.59 Å². The third-order valence-corrected chi connectivity index (χ3v) is 5.29. The zero-order valence-electron chi connectivity index (χ0n) is 17.3. The fourth-order valence-electron chi connectivity index (χ4n) is 3.48. The second kappa shape index (κ2) is 9.84. The summed E-state index contributed by atoms with van der Waals surface area (Å²) in [6.45, 7) is 7.54. The molecular formula is C20H29ClN6O2. The average molecular weight is 421 g/mol. The zero-order valence-corrected chi connectivity index (χ0v) is 18.1. The van der Waals surface area contributed by atoms with Crippen molar-refractivity contribution in [3.05, 3.63) is 46.8 Å². The van der Waals surface area contributed by atoms with Gasteiger partial charge in [0.05, 0.1) is 24.8 Å². The Morgan fingerprint density at radius 2 is 2.10 bits per heavy atom. The lowest BCUT2D eigenvalue weighted by atomic mass is 10.0. The lowest BCUT2D eigenvalue weighted by Gasteiger charge is -2.17. The maximum absolute atomic E-state index is 12.8. The molecule has 0 saturated carbocycles. The molecule has 8 nitrogen and oxygen atoms in total. The first-order valence-corrected chi connectivity index (χ1v) is 9.64. The number of benzene rings is 1. The van der Waals surface area contributed by atoms with Crippen LogP contribution in [0, 0.1) is 13.8 Å². The quantitative estimate of drug-likeness (QED) is 0.741. The highest BCUT2D eigenvalue weighted by atomic mass is 35.5. The number of halogens is 1. The number of hydrogen-bond acceptors (Lipinski definition) is 5. The van der Waals surface area contributed by atoms with Crippen molar-refractivity contribution in [3.8, 4) is 0 Å². The lowest BCUT2D eigenvalue weighted by molar-refractivity contribution is -0.122. The summed E-state index contributed by atoms with van der Waals surface area (Å²) in [4.78, 5) is 26.4. The van der Waals surface area contributed by atoms with Gasteiger partial charge in [0.2, 0.25) is 5.91 Å². The summed E-state index contributed by atoms with van der Waals surface area (Å²) in [5.41, 5.74) is 3.53. The number of nitrogens with zero attached hydrogens (tertiary/aromatic N) is 4. The smallest absolute Gasteiger partial charge is 0.254 e. The molecule has 1 fully saturated rings. The Morgan fingerprint density at radius 1 is 1.34 bits per heavy atom. The van der Waals surface area contributed by atoms with Gasteiger partial charge >= 0.3 is 0 Å². The second-order valence-corrected chi connectivity index (χ2v) is 7.34. The molecule has 0 radical (unpaired) electrons. The summed E-state index contributed by atoms with van der Waals surface area (Å²) >= 11 is 0. The van der Waals surface area contributed by atoms with E-state index in [0.29, 0.717) is 31.6 Å². The molecule has 0 aliphatic carbocycles. The average Bonchev–Trinajstić information content (AvgIpc) is 3.33. The first-order chi connectivity index (χ1) is 13.4. The molecule has 1 aliphatic rings. The van der Waals surface area contributed by atoms with Gasteiger partial charge < -0.3 is 15.5 Å². The van der Waals surface area contributed by atoms with Gasteiger partial charge in [-0.25, -0.2) is 4.68 Å². The van der Waals surface area contributed by atoms with E-state index in [1.807, 2.05) is 45.2 Å². The van der Waals surface area contributed by atoms with Gasteiger partial charge in [0, 0.05) is 25.7 Å². The first-order valence-electron chi connectivity index (χ1n) is 9.64. The van der Waals surface area contributed by atoms with Crippen LogP contribution in [0.25, 0.3) is 0 Å². The molecule has 0 spiro atoms. The maximum Gasteiger partial charge on any atom is 0.254 e. The summed E-state index contributed by atoms with van der Waals surface area (Å²) < 4.78 is 1.79. The minimum absolute atomic E-state index is 0. The Morgan fingerprint density at radius 3 is 2.83 bits per heavy atom. The highest BCUT2D eigenvalue weighted by Gasteiger charge is 2.31. The molecule has 9 heteroatoms. The van der Waals surface area contributed by atoms with Crippen molar-refractivity contribution in [2.24, 2.45) is 0 Å². The predicted octanol–water partition coefficient (Wildman–Crippen LogP) is 1.63. The summed E-state index contributed by atoms with van der Waals surface area (Å²) in [5.74, 6) is -0.0150. The largest absolute Gasteiger partial charge is 0.355 e. The van der Waals surface area contributed by atoms with Gasteiger partial charge in [-0.1, -0.05) is 17.3 Å². The number of nitrogens with one attached hydrogen (secondary N) is 2. The van der Waals surface area contributed by atoms with Crippen LogP contribution >= 0.6 is 12.4 Å². The molecule has 1 saturated heterocycles. The second-order valence-electron chi connectivity index (χ2n) is 7.34. The van der Waals surface area contributed by atoms with Crippen molar-refractivity contribution < 1.29 is 9.59 Å². The first kappa shape index (κ1) is 22.8. The van der Waals surface area contributed by atoms with Gasteiger partial charge in [0.15, 0.2) is 0 Å². The molecule has 29 heavy (non-hydrogen) atoms. The summed E-state index contributed by atoms with van der Waals surface area (Å²) in [5, 5.41) is 14.5. The normalized spacial score (nSPS) is 18.2. The molecular weight excluding hydrogens is 392 g/mol. The van der Waals surface area contributed by atoms with Crippen LogP contribution in [0.5, 0.6) is 0 Å². The Kier molecular flexibility index (Phi) is 7.75. The molecule has 1 aromatic heterocycles. The van der Waals surface area contributed by atoms with Gasteiger partial charge in [-0.15, -0.1) is 17.5 Å². The van der Waals surface area contributed by atoms with E-state index in [2.05, 4.69) is 20.9 Å². The molecule has 1 aliphatic heterocycles. The minimum Gasteiger partial charge on any atom is -0.355 e. The monoisotopic (exact) mass is 420 g/mol. The standard InChI is InChI=1S/C20H28N6O2.ClH/c1-5-21-19(27)18-9-16(10-22-18)26-12-15(23-24-26)11-25(4)20(28)17-8-6-7-13(2)14(17)3;/h6-8,12,16,18,22H,5,9-11H2,1-4H3,(H,21,27);1H/t16-,18+;/m1./s1. The Hall–Kier alpha value is -2.45. The molecule has 0 bridgehead atoms. The third kappa shape index (κ3) is 5.13. The Bertz CT molecular complexity index is 868. The molecule has 1 aromatic carbocycles. The number of carbonyl (C=O) groups excluding carboxylic acids is 2. The Labute approximate surface area is 177 Å². The molecule has 3 rings (SSSR count). The number of carbonyl (C=O) groups is 2. The molecule has 2 atom stereocenters. The van der Waals surface area contributed by atoms with Crippen molar-refractivity contribution in [1.82, 2.24) is 30.5 Å². The number of hydrogen-bond donors (Lipinski definition) is 2. The fraction of sp³-hybridized carbons (Fsp3) is 0.500. The van der Waals surface area contributed by atoms with Crippen molar-refractivity contribution in [2.45, 2.75) is 45.8 Å². The molecule has 158 valence electrons. The van der Waals surface area contributed by atoms with Gasteiger partial charge in [0.25, 0.3) is 5.91 Å². The molecule has 2 amide bonds. The van der Waals surface area contributed by atoms with Crippen LogP contribution in [0.4, 0.5) is 0 Å². The van der Waals surface area contributed by atoms with Crippen LogP contribution < -0.4 is 10.6 Å². The number of likely N-dealkylation sites (N-methyl/N-ethyl adjacent to an activating group) is 1. The SMILES string of the molecule is CCNC(=O)[C@@H]1C[C@@H](n2cc(CN(C)C(=O)c3cccc(C)c3C)nn2)CN1.Cl. The number of amides is 2. The van der Waals surface area contributed by atoms with Gasteiger partial charge in [-0.05, 0) is 44.4 Å². The lowest BCUT2D eigenvalue weighted by Crippen LogP contribution is -2.40. The third-order valence-electron chi connectivity index (χ3n) is 5.29. The summed E-state index contributed by atoms with van der Waals surface area (Å²) in [7, 11) is 1.77. The summed E-state index contributed by atoms with van der Waals surface area (Å²) in [6.07, 6.45) is 2.53. The number of rotatable bonds is 6. The van der Waals surface area contributed by atoms with Gasteiger partial charge in [0.1, 0.15) is 5.69 Å². The maximum atomic E-state index is 12.8. The van der Waals surface area contributed by atoms with Crippen LogP contribution in [0.2, 0.25) is 0 Å². The molecule has 2 N–H and O–H groups in total. The summed E-state index contributed by atoms with van der Waals surface area (Å²) in [6, 6.07) is 5.63. The van der Waals surface area contributed by atoms with E-state index in [0.717, 1.165) is 16.8 Å². The van der Waals surface area contributed by atoms with Gasteiger partial charge in [-0.2, -0.15) is 0 Å². The van der Waals surface area contributed by atoms with E-state index < -0.39 is 0 Å². The highest BCUT2D eigenvalue weighted by Crippen LogP contribution is 2.20. The molecule has 0 unspecified atom stereocenters. The van der Waals surface area contributed by atoms with E-state index in [-0.39, 0.29) is 36.3 Å². The van der Waals surface area contributed by atoms with Crippen LogP contribution in [-0.2, 0) is 11.3 Å². The van der Waals surface area contributed by atoms with E-state index in [9.17, 15) is 9.59 Å². The fourth-order valence-corrected chi connectivity index (χ4v) is 3.48. The number of aryl methyl sites for hydroxylation is 1. The van der Waals surface area contributed by atoms with Crippen molar-refractivity contribution in [3.63, 3.8) is 0 Å². The molecule has 2 aromatic rings. The van der Waals surface area contributed by atoms with Crippen molar-refractivity contribution in [1.29, 1.82) is 0 Å². The molecule has 2 heterocycles. The zero-order chi connectivity index (χ0) is 20.3. The van der Waals surface area contributed by atoms with Crippen LogP contribution in [0.3, 0.4) is 0 Å². The number of aromatic nitrogens is 3. The van der Waals surface area contributed by atoms with E-state index in [1.54, 1.807) is 16.6 Å². The van der Waals surface area contributed by atoms with Crippen molar-refractivity contribution in [2.75, 3.05) is 20.1 Å². The Balaban J connectivity index is 0.00000300. The van der Waals surface area contributed by atoms with E-state index in [1.165, 1.54) is 0 Å². The van der Waals surface area contributed by atoms with Crippen LogP contribution in [-0.4, -0.2) is 57.9 Å². The van der Waals surface area contributed by atoms with E-state index >= 15 is 0 Å². The van der Waals surface area contributed by atoms with Crippen LogP contribution in [0.1, 0.15) is 46.6 Å². The topological polar surface area (TPSA) is 92.2 Å². The van der Waals surface area contributed by atoms with Crippen LogP contribution in [0.15, 0.2) is 24.4 Å².